The van der Waals surface area contributed by atoms with Gasteiger partial charge in [-0.05, 0) is 35.0 Å². The summed E-state index contributed by atoms with van der Waals surface area (Å²) in [7, 11) is 1.84. The van der Waals surface area contributed by atoms with Crippen LogP contribution >= 0.6 is 11.3 Å². The maximum Gasteiger partial charge on any atom is 0.325 e. The molecule has 0 aliphatic carbocycles. The van der Waals surface area contributed by atoms with Crippen molar-refractivity contribution in [3.05, 3.63) is 58.3 Å². The zero-order valence-electron chi connectivity index (χ0n) is 10.1. The SMILES string of the molecule is CN(Cc1ccccc1)C(C(=O)O)c1ccsc1. The van der Waals surface area contributed by atoms with Crippen LogP contribution < -0.4 is 0 Å². The van der Waals surface area contributed by atoms with E-state index in [1.165, 1.54) is 11.3 Å². The van der Waals surface area contributed by atoms with E-state index in [1.807, 2.05) is 59.1 Å². The molecule has 0 aliphatic heterocycles. The van der Waals surface area contributed by atoms with Gasteiger partial charge < -0.3 is 5.11 Å². The molecule has 0 amide bonds. The number of carboxylic acids is 1. The third-order valence-corrected chi connectivity index (χ3v) is 3.51. The normalized spacial score (nSPS) is 12.6. The molecule has 0 aliphatic rings. The van der Waals surface area contributed by atoms with Gasteiger partial charge in [-0.2, -0.15) is 11.3 Å². The first kappa shape index (κ1) is 12.8. The number of likely N-dealkylation sites (N-methyl/N-ethyl adjacent to an activating group) is 1. The third-order valence-electron chi connectivity index (χ3n) is 2.81. The highest BCUT2D eigenvalue weighted by Gasteiger charge is 2.24. The van der Waals surface area contributed by atoms with E-state index in [0.29, 0.717) is 6.54 Å². The summed E-state index contributed by atoms with van der Waals surface area (Å²) < 4.78 is 0. The minimum absolute atomic E-state index is 0.587. The molecule has 2 aromatic rings. The first-order chi connectivity index (χ1) is 8.68. The Morgan fingerprint density at radius 3 is 2.61 bits per heavy atom. The van der Waals surface area contributed by atoms with Crippen molar-refractivity contribution in [1.29, 1.82) is 0 Å². The molecule has 0 saturated carbocycles. The van der Waals surface area contributed by atoms with E-state index < -0.39 is 12.0 Å². The fraction of sp³-hybridized carbons (Fsp3) is 0.214. The van der Waals surface area contributed by atoms with Gasteiger partial charge in [0.05, 0.1) is 0 Å². The molecule has 1 unspecified atom stereocenters. The maximum atomic E-state index is 11.4. The summed E-state index contributed by atoms with van der Waals surface area (Å²) in [5.41, 5.74) is 1.95. The number of hydrogen-bond acceptors (Lipinski definition) is 3. The summed E-state index contributed by atoms with van der Waals surface area (Å²) in [5.74, 6) is -0.813. The van der Waals surface area contributed by atoms with Gasteiger partial charge in [-0.1, -0.05) is 30.3 Å². The van der Waals surface area contributed by atoms with Crippen LogP contribution in [0.15, 0.2) is 47.2 Å². The lowest BCUT2D eigenvalue weighted by Gasteiger charge is -2.24. The fourth-order valence-electron chi connectivity index (χ4n) is 1.98. The molecule has 1 aromatic carbocycles. The number of benzene rings is 1. The number of rotatable bonds is 5. The van der Waals surface area contributed by atoms with Crippen molar-refractivity contribution >= 4 is 17.3 Å². The highest BCUT2D eigenvalue weighted by Crippen LogP contribution is 2.23. The largest absolute Gasteiger partial charge is 0.480 e. The van der Waals surface area contributed by atoms with E-state index in [2.05, 4.69) is 0 Å². The number of carbonyl (C=O) groups is 1. The molecule has 3 nitrogen and oxygen atoms in total. The van der Waals surface area contributed by atoms with E-state index in [1.54, 1.807) is 0 Å². The number of hydrogen-bond donors (Lipinski definition) is 1. The first-order valence-corrected chi connectivity index (χ1v) is 6.62. The van der Waals surface area contributed by atoms with Gasteiger partial charge in [-0.25, -0.2) is 0 Å². The Bertz CT molecular complexity index is 496. The minimum atomic E-state index is -0.813. The predicted octanol–water partition coefficient (Wildman–Crippen LogP) is 3.01. The summed E-state index contributed by atoms with van der Waals surface area (Å²) in [6.45, 7) is 0.619. The molecule has 1 atom stereocenters. The second-order valence-corrected chi connectivity index (χ2v) is 4.98. The first-order valence-electron chi connectivity index (χ1n) is 5.67. The molecule has 1 N–H and O–H groups in total. The second-order valence-electron chi connectivity index (χ2n) is 4.20. The van der Waals surface area contributed by atoms with Crippen LogP contribution in [0.5, 0.6) is 0 Å². The molecule has 0 spiro atoms. The molecule has 0 fully saturated rings. The van der Waals surface area contributed by atoms with E-state index in [4.69, 9.17) is 0 Å². The lowest BCUT2D eigenvalue weighted by molar-refractivity contribution is -0.143. The molecule has 0 radical (unpaired) electrons. The van der Waals surface area contributed by atoms with Crippen molar-refractivity contribution in [3.8, 4) is 0 Å². The van der Waals surface area contributed by atoms with Gasteiger partial charge in [-0.3, -0.25) is 9.69 Å². The number of nitrogens with zero attached hydrogens (tertiary/aromatic N) is 1. The zero-order chi connectivity index (χ0) is 13.0. The molecular formula is C14H15NO2S. The Morgan fingerprint density at radius 1 is 1.33 bits per heavy atom. The molecule has 18 heavy (non-hydrogen) atoms. The molecule has 94 valence electrons. The standard InChI is InChI=1S/C14H15NO2S/c1-15(9-11-5-3-2-4-6-11)13(14(16)17)12-7-8-18-10-12/h2-8,10,13H,9H2,1H3,(H,16,17). The third kappa shape index (κ3) is 2.97. The van der Waals surface area contributed by atoms with E-state index in [9.17, 15) is 9.90 Å². The Kier molecular flexibility index (Phi) is 4.12. The van der Waals surface area contributed by atoms with Crippen LogP contribution in [0.2, 0.25) is 0 Å². The van der Waals surface area contributed by atoms with Crippen molar-refractivity contribution in [2.45, 2.75) is 12.6 Å². The monoisotopic (exact) mass is 261 g/mol. The van der Waals surface area contributed by atoms with Gasteiger partial charge in [0.2, 0.25) is 0 Å². The predicted molar refractivity (Wildman–Crippen MR) is 72.6 cm³/mol. The van der Waals surface area contributed by atoms with Crippen LogP contribution in [0, 0.1) is 0 Å². The van der Waals surface area contributed by atoms with Crippen LogP contribution in [0.25, 0.3) is 0 Å². The molecule has 1 heterocycles. The Hall–Kier alpha value is -1.65. The molecule has 4 heteroatoms. The quantitative estimate of drug-likeness (QED) is 0.899. The molecule has 2 rings (SSSR count). The highest BCUT2D eigenvalue weighted by molar-refractivity contribution is 7.08. The number of aliphatic carboxylic acids is 1. The summed E-state index contributed by atoms with van der Waals surface area (Å²) in [6, 6.07) is 11.2. The van der Waals surface area contributed by atoms with E-state index in [0.717, 1.165) is 11.1 Å². The highest BCUT2D eigenvalue weighted by atomic mass is 32.1. The van der Waals surface area contributed by atoms with Crippen molar-refractivity contribution in [1.82, 2.24) is 4.90 Å². The smallest absolute Gasteiger partial charge is 0.325 e. The maximum absolute atomic E-state index is 11.4. The van der Waals surface area contributed by atoms with Crippen molar-refractivity contribution in [2.24, 2.45) is 0 Å². The second kappa shape index (κ2) is 5.80. The van der Waals surface area contributed by atoms with Crippen LogP contribution in [-0.2, 0) is 11.3 Å². The lowest BCUT2D eigenvalue weighted by Crippen LogP contribution is -2.30. The molecule has 0 bridgehead atoms. The lowest BCUT2D eigenvalue weighted by atomic mass is 10.1. The number of thiophene rings is 1. The van der Waals surface area contributed by atoms with Crippen molar-refractivity contribution in [2.75, 3.05) is 7.05 Å². The summed E-state index contributed by atoms with van der Waals surface area (Å²) in [6.07, 6.45) is 0. The van der Waals surface area contributed by atoms with Crippen molar-refractivity contribution < 1.29 is 9.90 Å². The van der Waals surface area contributed by atoms with Crippen LogP contribution in [-0.4, -0.2) is 23.0 Å². The average molecular weight is 261 g/mol. The van der Waals surface area contributed by atoms with Crippen LogP contribution in [0.4, 0.5) is 0 Å². The van der Waals surface area contributed by atoms with E-state index in [-0.39, 0.29) is 0 Å². The topological polar surface area (TPSA) is 40.5 Å². The number of carboxylic acid groups (broad SMARTS) is 1. The van der Waals surface area contributed by atoms with Crippen molar-refractivity contribution in [3.63, 3.8) is 0 Å². The molecular weight excluding hydrogens is 246 g/mol. The average Bonchev–Trinajstić information content (AvgIpc) is 2.83. The van der Waals surface area contributed by atoms with Gasteiger partial charge in [0.15, 0.2) is 0 Å². The molecule has 1 aromatic heterocycles. The van der Waals surface area contributed by atoms with Gasteiger partial charge in [0.25, 0.3) is 0 Å². The van der Waals surface area contributed by atoms with Gasteiger partial charge in [0, 0.05) is 6.54 Å². The minimum Gasteiger partial charge on any atom is -0.480 e. The fourth-order valence-corrected chi connectivity index (χ4v) is 2.66. The Morgan fingerprint density at radius 2 is 2.06 bits per heavy atom. The summed E-state index contributed by atoms with van der Waals surface area (Å²) in [5, 5.41) is 13.2. The summed E-state index contributed by atoms with van der Waals surface area (Å²) >= 11 is 1.52. The van der Waals surface area contributed by atoms with E-state index >= 15 is 0 Å². The van der Waals surface area contributed by atoms with Gasteiger partial charge >= 0.3 is 5.97 Å². The summed E-state index contributed by atoms with van der Waals surface area (Å²) in [4.78, 5) is 13.2. The van der Waals surface area contributed by atoms with Crippen LogP contribution in [0.1, 0.15) is 17.2 Å². The van der Waals surface area contributed by atoms with Gasteiger partial charge in [-0.15, -0.1) is 0 Å². The zero-order valence-corrected chi connectivity index (χ0v) is 10.9. The van der Waals surface area contributed by atoms with Crippen LogP contribution in [0.3, 0.4) is 0 Å². The van der Waals surface area contributed by atoms with Gasteiger partial charge in [0.1, 0.15) is 6.04 Å². The Balaban J connectivity index is 2.15. The Labute approximate surface area is 110 Å². The molecule has 0 saturated heterocycles.